The first kappa shape index (κ1) is 15.1. The van der Waals surface area contributed by atoms with Crippen molar-refractivity contribution in [2.75, 3.05) is 0 Å². The number of fused-ring (bicyclic) bond motifs is 1. The Morgan fingerprint density at radius 3 is 2.28 bits per heavy atom. The molecule has 0 amide bonds. The van der Waals surface area contributed by atoms with Crippen LogP contribution in [0, 0.1) is 10.1 Å². The fourth-order valence-electron chi connectivity index (χ4n) is 2.97. The van der Waals surface area contributed by atoms with E-state index in [1.165, 1.54) is 6.07 Å². The van der Waals surface area contributed by atoms with Crippen molar-refractivity contribution in [1.29, 1.82) is 0 Å². The Labute approximate surface area is 144 Å². The molecule has 0 fully saturated rings. The maximum absolute atomic E-state index is 11.2. The van der Waals surface area contributed by atoms with Gasteiger partial charge in [0.1, 0.15) is 5.69 Å². The SMILES string of the molecule is O=[N+]([O-])c1ccc2c(c1)c(-c1ccccc1)nn2Cc1ccccc1. The predicted octanol–water partition coefficient (Wildman–Crippen LogP) is 4.66. The Balaban J connectivity index is 1.90. The molecular weight excluding hydrogens is 314 g/mol. The molecule has 0 aliphatic heterocycles. The number of rotatable bonds is 4. The van der Waals surface area contributed by atoms with Crippen molar-refractivity contribution in [3.05, 3.63) is 94.5 Å². The minimum Gasteiger partial charge on any atom is -0.260 e. The molecule has 4 rings (SSSR count). The molecule has 25 heavy (non-hydrogen) atoms. The highest BCUT2D eigenvalue weighted by atomic mass is 16.6. The highest BCUT2D eigenvalue weighted by Gasteiger charge is 2.16. The molecule has 1 aromatic heterocycles. The Hall–Kier alpha value is -3.47. The van der Waals surface area contributed by atoms with Crippen molar-refractivity contribution in [3.63, 3.8) is 0 Å². The second kappa shape index (κ2) is 6.20. The summed E-state index contributed by atoms with van der Waals surface area (Å²) in [5.74, 6) is 0. The molecule has 0 saturated heterocycles. The smallest absolute Gasteiger partial charge is 0.260 e. The summed E-state index contributed by atoms with van der Waals surface area (Å²) in [6.45, 7) is 0.613. The summed E-state index contributed by atoms with van der Waals surface area (Å²) in [5.41, 5.74) is 3.79. The van der Waals surface area contributed by atoms with Crippen LogP contribution >= 0.6 is 0 Å². The molecule has 0 aliphatic carbocycles. The molecule has 0 unspecified atom stereocenters. The fourth-order valence-corrected chi connectivity index (χ4v) is 2.97. The van der Waals surface area contributed by atoms with Crippen LogP contribution in [0.4, 0.5) is 5.69 Å². The van der Waals surface area contributed by atoms with Gasteiger partial charge in [0.25, 0.3) is 5.69 Å². The van der Waals surface area contributed by atoms with Crippen LogP contribution in [0.25, 0.3) is 22.2 Å². The van der Waals surface area contributed by atoms with Crippen LogP contribution in [0.1, 0.15) is 5.56 Å². The Morgan fingerprint density at radius 1 is 0.920 bits per heavy atom. The standard InChI is InChI=1S/C20H15N3O2/c24-23(25)17-11-12-19-18(13-17)20(16-9-5-2-6-10-16)21-22(19)14-15-7-3-1-4-8-15/h1-13H,14H2. The molecule has 5 nitrogen and oxygen atoms in total. The van der Waals surface area contributed by atoms with E-state index in [1.54, 1.807) is 12.1 Å². The molecule has 3 aromatic carbocycles. The molecule has 0 radical (unpaired) electrons. The second-order valence-corrected chi connectivity index (χ2v) is 5.82. The number of non-ortho nitro benzene ring substituents is 1. The molecule has 5 heteroatoms. The lowest BCUT2D eigenvalue weighted by molar-refractivity contribution is -0.384. The minimum atomic E-state index is -0.372. The number of benzene rings is 3. The largest absolute Gasteiger partial charge is 0.270 e. The fraction of sp³-hybridized carbons (Fsp3) is 0.0500. The average Bonchev–Trinajstić information content (AvgIpc) is 3.01. The van der Waals surface area contributed by atoms with E-state index in [2.05, 4.69) is 0 Å². The zero-order chi connectivity index (χ0) is 17.2. The molecule has 0 N–H and O–H groups in total. The van der Waals surface area contributed by atoms with Gasteiger partial charge in [-0.25, -0.2) is 0 Å². The van der Waals surface area contributed by atoms with E-state index in [0.717, 1.165) is 27.7 Å². The number of hydrogen-bond acceptors (Lipinski definition) is 3. The predicted molar refractivity (Wildman–Crippen MR) is 97.4 cm³/mol. The lowest BCUT2D eigenvalue weighted by atomic mass is 10.1. The van der Waals surface area contributed by atoms with Gasteiger partial charge in [-0.15, -0.1) is 0 Å². The second-order valence-electron chi connectivity index (χ2n) is 5.82. The quantitative estimate of drug-likeness (QED) is 0.404. The van der Waals surface area contributed by atoms with Gasteiger partial charge in [-0.05, 0) is 11.6 Å². The van der Waals surface area contributed by atoms with E-state index in [4.69, 9.17) is 5.10 Å². The normalized spacial score (nSPS) is 10.9. The molecule has 0 saturated carbocycles. The van der Waals surface area contributed by atoms with Crippen molar-refractivity contribution in [3.8, 4) is 11.3 Å². The van der Waals surface area contributed by atoms with Gasteiger partial charge in [-0.2, -0.15) is 5.10 Å². The summed E-state index contributed by atoms with van der Waals surface area (Å²) < 4.78 is 1.90. The van der Waals surface area contributed by atoms with Crippen LogP contribution in [0.2, 0.25) is 0 Å². The minimum absolute atomic E-state index is 0.0731. The van der Waals surface area contributed by atoms with Crippen LogP contribution in [-0.4, -0.2) is 14.7 Å². The number of aromatic nitrogens is 2. The van der Waals surface area contributed by atoms with Gasteiger partial charge < -0.3 is 0 Å². The lowest BCUT2D eigenvalue weighted by Gasteiger charge is -2.03. The summed E-state index contributed by atoms with van der Waals surface area (Å²) >= 11 is 0. The van der Waals surface area contributed by atoms with Crippen LogP contribution in [-0.2, 0) is 6.54 Å². The third kappa shape index (κ3) is 2.87. The van der Waals surface area contributed by atoms with Gasteiger partial charge in [0.15, 0.2) is 0 Å². The molecule has 0 atom stereocenters. The molecule has 0 bridgehead atoms. The van der Waals surface area contributed by atoms with Crippen molar-refractivity contribution in [2.24, 2.45) is 0 Å². The highest BCUT2D eigenvalue weighted by molar-refractivity contribution is 5.94. The maximum Gasteiger partial charge on any atom is 0.270 e. The molecule has 0 spiro atoms. The van der Waals surface area contributed by atoms with E-state index >= 15 is 0 Å². The van der Waals surface area contributed by atoms with E-state index in [9.17, 15) is 10.1 Å². The van der Waals surface area contributed by atoms with Crippen LogP contribution in [0.5, 0.6) is 0 Å². The van der Waals surface area contributed by atoms with Gasteiger partial charge in [-0.3, -0.25) is 14.8 Å². The zero-order valence-corrected chi connectivity index (χ0v) is 13.4. The summed E-state index contributed by atoms with van der Waals surface area (Å²) in [5, 5.41) is 16.7. The summed E-state index contributed by atoms with van der Waals surface area (Å²) in [6, 6.07) is 24.7. The molecule has 4 aromatic rings. The summed E-state index contributed by atoms with van der Waals surface area (Å²) in [6.07, 6.45) is 0. The Morgan fingerprint density at radius 2 is 1.60 bits per heavy atom. The number of nitro benzene ring substituents is 1. The van der Waals surface area contributed by atoms with Crippen molar-refractivity contribution in [2.45, 2.75) is 6.54 Å². The van der Waals surface area contributed by atoms with E-state index in [-0.39, 0.29) is 10.6 Å². The Kier molecular flexibility index (Phi) is 3.74. The van der Waals surface area contributed by atoms with Crippen molar-refractivity contribution < 1.29 is 4.92 Å². The number of hydrogen-bond donors (Lipinski definition) is 0. The Bertz CT molecular complexity index is 1040. The van der Waals surface area contributed by atoms with Gasteiger partial charge in [-0.1, -0.05) is 60.7 Å². The van der Waals surface area contributed by atoms with E-state index in [1.807, 2.05) is 65.3 Å². The van der Waals surface area contributed by atoms with Crippen LogP contribution in [0.15, 0.2) is 78.9 Å². The number of nitro groups is 1. The van der Waals surface area contributed by atoms with Crippen LogP contribution in [0.3, 0.4) is 0 Å². The van der Waals surface area contributed by atoms with E-state index in [0.29, 0.717) is 6.54 Å². The van der Waals surface area contributed by atoms with Gasteiger partial charge in [0.05, 0.1) is 17.0 Å². The first-order chi connectivity index (χ1) is 12.2. The van der Waals surface area contributed by atoms with Gasteiger partial charge in [0.2, 0.25) is 0 Å². The van der Waals surface area contributed by atoms with E-state index < -0.39 is 0 Å². The highest BCUT2D eigenvalue weighted by Crippen LogP contribution is 2.31. The monoisotopic (exact) mass is 329 g/mol. The first-order valence-corrected chi connectivity index (χ1v) is 7.97. The third-order valence-electron chi connectivity index (χ3n) is 4.17. The summed E-state index contributed by atoms with van der Waals surface area (Å²) in [4.78, 5) is 10.8. The maximum atomic E-state index is 11.2. The summed E-state index contributed by atoms with van der Waals surface area (Å²) in [7, 11) is 0. The third-order valence-corrected chi connectivity index (χ3v) is 4.17. The van der Waals surface area contributed by atoms with Gasteiger partial charge >= 0.3 is 0 Å². The van der Waals surface area contributed by atoms with Gasteiger partial charge in [0, 0.05) is 23.1 Å². The average molecular weight is 329 g/mol. The van der Waals surface area contributed by atoms with Crippen molar-refractivity contribution in [1.82, 2.24) is 9.78 Å². The molecular formula is C20H15N3O2. The zero-order valence-electron chi connectivity index (χ0n) is 13.4. The molecule has 0 aliphatic rings. The number of nitrogens with zero attached hydrogens (tertiary/aromatic N) is 3. The molecule has 1 heterocycles. The topological polar surface area (TPSA) is 61.0 Å². The first-order valence-electron chi connectivity index (χ1n) is 7.97. The van der Waals surface area contributed by atoms with Crippen LogP contribution < -0.4 is 0 Å². The van der Waals surface area contributed by atoms with Crippen molar-refractivity contribution >= 4 is 16.6 Å². The lowest BCUT2D eigenvalue weighted by Crippen LogP contribution is -2.01. The molecule has 122 valence electrons.